The van der Waals surface area contributed by atoms with Gasteiger partial charge >= 0.3 is 5.97 Å². The van der Waals surface area contributed by atoms with Gasteiger partial charge in [0, 0.05) is 24.4 Å². The van der Waals surface area contributed by atoms with Crippen molar-refractivity contribution < 1.29 is 23.1 Å². The fourth-order valence-electron chi connectivity index (χ4n) is 3.25. The lowest BCUT2D eigenvalue weighted by Crippen LogP contribution is -2.13. The van der Waals surface area contributed by atoms with E-state index in [-0.39, 0.29) is 28.1 Å². The number of nitrogens with zero attached hydrogens (tertiary/aromatic N) is 4. The number of sulfonamides is 1. The van der Waals surface area contributed by atoms with Crippen LogP contribution in [0.5, 0.6) is 5.75 Å². The van der Waals surface area contributed by atoms with Gasteiger partial charge in [-0.2, -0.15) is 5.26 Å². The average Bonchev–Trinajstić information content (AvgIpc) is 3.13. The van der Waals surface area contributed by atoms with E-state index in [1.54, 1.807) is 18.0 Å². The minimum absolute atomic E-state index is 0.00643. The highest BCUT2D eigenvalue weighted by atomic mass is 32.2. The molecule has 0 unspecified atom stereocenters. The first-order chi connectivity index (χ1) is 16.6. The predicted octanol–water partition coefficient (Wildman–Crippen LogP) is 3.73. The number of aromatic carboxylic acids is 1. The average molecular weight is 487 g/mol. The van der Waals surface area contributed by atoms with Gasteiger partial charge in [0.15, 0.2) is 11.6 Å². The largest absolute Gasteiger partial charge is 0.478 e. The SMILES string of the molecule is [C-]#[N+]/C(C#N)=C(/C(C#N)=C/C=C1\Oc2ccc(C(=O)O)cc2N1C)c1ccc(NS(C)(=O)=O)cc1. The zero-order valence-corrected chi connectivity index (χ0v) is 19.3. The molecule has 0 saturated heterocycles. The summed E-state index contributed by atoms with van der Waals surface area (Å²) in [4.78, 5) is 16.1. The third kappa shape index (κ3) is 5.48. The van der Waals surface area contributed by atoms with E-state index in [2.05, 4.69) is 9.57 Å². The molecule has 0 aromatic heterocycles. The molecule has 174 valence electrons. The van der Waals surface area contributed by atoms with E-state index in [1.165, 1.54) is 54.6 Å². The van der Waals surface area contributed by atoms with Crippen molar-refractivity contribution in [3.05, 3.63) is 94.3 Å². The van der Waals surface area contributed by atoms with Gasteiger partial charge in [0.2, 0.25) is 10.0 Å². The van der Waals surface area contributed by atoms with E-state index in [0.717, 1.165) is 6.26 Å². The fourth-order valence-corrected chi connectivity index (χ4v) is 3.82. The number of fused-ring (bicyclic) bond motifs is 1. The third-order valence-corrected chi connectivity index (χ3v) is 5.43. The van der Waals surface area contributed by atoms with Crippen LogP contribution in [0.15, 0.2) is 71.8 Å². The lowest BCUT2D eigenvalue weighted by atomic mass is 9.96. The van der Waals surface area contributed by atoms with Crippen molar-refractivity contribution in [1.29, 1.82) is 10.5 Å². The summed E-state index contributed by atoms with van der Waals surface area (Å²) < 4.78 is 30.9. The lowest BCUT2D eigenvalue weighted by Gasteiger charge is -2.11. The summed E-state index contributed by atoms with van der Waals surface area (Å²) in [6.45, 7) is 7.36. The van der Waals surface area contributed by atoms with Gasteiger partial charge in [-0.15, -0.1) is 0 Å². The number of nitriles is 2. The van der Waals surface area contributed by atoms with Crippen LogP contribution in [0.4, 0.5) is 11.4 Å². The molecule has 1 aliphatic heterocycles. The molecule has 0 bridgehead atoms. The molecule has 2 aromatic rings. The Balaban J connectivity index is 2.02. The number of rotatable bonds is 6. The summed E-state index contributed by atoms with van der Waals surface area (Å²) in [6, 6.07) is 14.1. The number of carboxylic acid groups (broad SMARTS) is 1. The molecule has 11 heteroatoms. The van der Waals surface area contributed by atoms with Gasteiger partial charge in [0.05, 0.1) is 41.8 Å². The van der Waals surface area contributed by atoms with Crippen LogP contribution in [0.1, 0.15) is 15.9 Å². The molecule has 10 nitrogen and oxygen atoms in total. The maximum atomic E-state index is 11.4. The topological polar surface area (TPSA) is 148 Å². The van der Waals surface area contributed by atoms with Crippen LogP contribution in [0.2, 0.25) is 0 Å². The number of allylic oxidation sites excluding steroid dienone is 5. The van der Waals surface area contributed by atoms with E-state index in [0.29, 0.717) is 22.9 Å². The molecule has 2 aromatic carbocycles. The quantitative estimate of drug-likeness (QED) is 0.356. The minimum Gasteiger partial charge on any atom is -0.478 e. The second-order valence-corrected chi connectivity index (χ2v) is 8.99. The van der Waals surface area contributed by atoms with Crippen molar-refractivity contribution in [3.8, 4) is 17.9 Å². The highest BCUT2D eigenvalue weighted by molar-refractivity contribution is 7.92. The Morgan fingerprint density at radius 3 is 2.37 bits per heavy atom. The molecule has 1 heterocycles. The number of anilines is 2. The second-order valence-electron chi connectivity index (χ2n) is 7.24. The third-order valence-electron chi connectivity index (χ3n) is 4.83. The number of hydrogen-bond donors (Lipinski definition) is 2. The first kappa shape index (κ1) is 24.6. The maximum Gasteiger partial charge on any atom is 0.335 e. The van der Waals surface area contributed by atoms with Crippen LogP contribution in [0.25, 0.3) is 10.4 Å². The zero-order chi connectivity index (χ0) is 25.8. The van der Waals surface area contributed by atoms with E-state index >= 15 is 0 Å². The van der Waals surface area contributed by atoms with Crippen LogP contribution in [-0.2, 0) is 10.0 Å². The number of nitrogens with one attached hydrogen (secondary N) is 1. The Labute approximate surface area is 201 Å². The van der Waals surface area contributed by atoms with E-state index < -0.39 is 16.0 Å². The molecule has 0 atom stereocenters. The van der Waals surface area contributed by atoms with Gasteiger partial charge in [-0.1, -0.05) is 12.1 Å². The number of hydrogen-bond acceptors (Lipinski definition) is 7. The highest BCUT2D eigenvalue weighted by Gasteiger charge is 2.24. The van der Waals surface area contributed by atoms with Crippen molar-refractivity contribution >= 4 is 32.9 Å². The first-order valence-corrected chi connectivity index (χ1v) is 11.7. The Bertz CT molecular complexity index is 1520. The van der Waals surface area contributed by atoms with Gasteiger partial charge in [-0.25, -0.2) is 23.3 Å². The van der Waals surface area contributed by atoms with Crippen LogP contribution in [-0.4, -0.2) is 32.8 Å². The Hall–Kier alpha value is -5.05. The smallest absolute Gasteiger partial charge is 0.335 e. The molecule has 0 radical (unpaired) electrons. The predicted molar refractivity (Wildman–Crippen MR) is 128 cm³/mol. The van der Waals surface area contributed by atoms with Crippen LogP contribution >= 0.6 is 0 Å². The molecule has 0 fully saturated rings. The molecule has 2 N–H and O–H groups in total. The number of carboxylic acids is 1. The van der Waals surface area contributed by atoms with Gasteiger partial charge in [0.25, 0.3) is 5.70 Å². The molecule has 0 saturated carbocycles. The Morgan fingerprint density at radius 2 is 1.83 bits per heavy atom. The van der Waals surface area contributed by atoms with E-state index in [9.17, 15) is 28.8 Å². The molecular formula is C24H17N5O5S. The maximum absolute atomic E-state index is 11.4. The summed E-state index contributed by atoms with van der Waals surface area (Å²) in [6.07, 6.45) is 3.86. The van der Waals surface area contributed by atoms with E-state index in [1.807, 2.05) is 6.07 Å². The fraction of sp³-hybridized carbons (Fsp3) is 0.0833. The van der Waals surface area contributed by atoms with Gasteiger partial charge in [-0.05, 0) is 42.0 Å². The summed E-state index contributed by atoms with van der Waals surface area (Å²) in [5.74, 6) is -0.357. The summed E-state index contributed by atoms with van der Waals surface area (Å²) in [5.41, 5.74) is 0.983. The normalized spacial score (nSPS) is 14.7. The molecule has 0 aliphatic carbocycles. The summed E-state index contributed by atoms with van der Waals surface area (Å²) in [7, 11) is -1.84. The van der Waals surface area contributed by atoms with Crippen molar-refractivity contribution in [1.82, 2.24) is 0 Å². The second kappa shape index (κ2) is 9.84. The van der Waals surface area contributed by atoms with Crippen molar-refractivity contribution in [2.24, 2.45) is 0 Å². The van der Waals surface area contributed by atoms with Crippen LogP contribution in [0, 0.1) is 29.2 Å². The molecule has 3 rings (SSSR count). The zero-order valence-electron chi connectivity index (χ0n) is 18.5. The minimum atomic E-state index is -3.50. The monoisotopic (exact) mass is 487 g/mol. The van der Waals surface area contributed by atoms with Gasteiger partial charge in [-0.3, -0.25) is 4.72 Å². The number of carbonyl (C=O) groups is 1. The summed E-state index contributed by atoms with van der Waals surface area (Å²) in [5, 5.41) is 28.5. The van der Waals surface area contributed by atoms with Crippen molar-refractivity contribution in [2.45, 2.75) is 0 Å². The molecule has 1 aliphatic rings. The number of benzene rings is 2. The first-order valence-electron chi connectivity index (χ1n) is 9.79. The van der Waals surface area contributed by atoms with Gasteiger partial charge < -0.3 is 14.7 Å². The lowest BCUT2D eigenvalue weighted by molar-refractivity contribution is 0.0697. The van der Waals surface area contributed by atoms with Crippen molar-refractivity contribution in [3.63, 3.8) is 0 Å². The van der Waals surface area contributed by atoms with Crippen LogP contribution in [0.3, 0.4) is 0 Å². The Kier molecular flexibility index (Phi) is 6.91. The number of ether oxygens (including phenoxy) is 1. The molecule has 0 amide bonds. The van der Waals surface area contributed by atoms with E-state index in [4.69, 9.17) is 11.3 Å². The standard InChI is InChI=1S/C24H17N5O5S/c1-27-19(14-26)23(15-4-8-18(9-5-15)28-35(3,32)33)17(13-25)7-11-22-29(2)20-12-16(24(30)31)6-10-21(20)34-22/h4-12,28H,2-3H3,(H,30,31)/b17-7+,22-11-,23-19+. The summed E-state index contributed by atoms with van der Waals surface area (Å²) >= 11 is 0. The highest BCUT2D eigenvalue weighted by Crippen LogP contribution is 2.39. The molecular weight excluding hydrogens is 470 g/mol. The van der Waals surface area contributed by atoms with Crippen LogP contribution < -0.4 is 14.4 Å². The van der Waals surface area contributed by atoms with Crippen molar-refractivity contribution in [2.75, 3.05) is 22.9 Å². The molecule has 0 spiro atoms. The Morgan fingerprint density at radius 1 is 1.17 bits per heavy atom. The van der Waals surface area contributed by atoms with Gasteiger partial charge in [0.1, 0.15) is 0 Å². The molecule has 35 heavy (non-hydrogen) atoms.